The summed E-state index contributed by atoms with van der Waals surface area (Å²) in [5.41, 5.74) is 1.99. The van der Waals surface area contributed by atoms with E-state index in [4.69, 9.17) is 14.2 Å². The maximum Gasteiger partial charge on any atom is 0.335 e. The highest BCUT2D eigenvalue weighted by Gasteiger charge is 2.54. The molecule has 24 heavy (non-hydrogen) atoms. The van der Waals surface area contributed by atoms with Gasteiger partial charge in [0.05, 0.1) is 17.8 Å². The lowest BCUT2D eigenvalue weighted by atomic mass is 9.94. The second-order valence-electron chi connectivity index (χ2n) is 7.32. The molecule has 0 radical (unpaired) electrons. The molecule has 4 nitrogen and oxygen atoms in total. The fourth-order valence-electron chi connectivity index (χ4n) is 3.74. The van der Waals surface area contributed by atoms with Crippen molar-refractivity contribution in [2.45, 2.75) is 58.5 Å². The summed E-state index contributed by atoms with van der Waals surface area (Å²) in [4.78, 5) is 11.7. The molecule has 1 spiro atoms. The van der Waals surface area contributed by atoms with Crippen molar-refractivity contribution < 1.29 is 19.0 Å². The summed E-state index contributed by atoms with van der Waals surface area (Å²) in [5, 5.41) is 0. The van der Waals surface area contributed by atoms with E-state index in [1.165, 1.54) is 6.08 Å². The van der Waals surface area contributed by atoms with E-state index in [0.717, 1.165) is 24.0 Å². The van der Waals surface area contributed by atoms with Crippen LogP contribution in [0.25, 0.3) is 0 Å². The number of carbonyl (C=O) groups is 1. The molecule has 3 rings (SSSR count). The molecule has 1 aliphatic heterocycles. The number of carbonyl (C=O) groups excluding carboxylic acids is 1. The minimum atomic E-state index is -0.808. The third kappa shape index (κ3) is 2.78. The van der Waals surface area contributed by atoms with E-state index in [1.807, 2.05) is 6.07 Å². The van der Waals surface area contributed by atoms with Crippen molar-refractivity contribution >= 4 is 5.97 Å². The van der Waals surface area contributed by atoms with Gasteiger partial charge < -0.3 is 14.2 Å². The van der Waals surface area contributed by atoms with Crippen LogP contribution in [0.2, 0.25) is 0 Å². The van der Waals surface area contributed by atoms with Crippen LogP contribution in [0.3, 0.4) is 0 Å². The van der Waals surface area contributed by atoms with Crippen LogP contribution in [0.4, 0.5) is 0 Å². The Hall–Kier alpha value is -1.65. The largest absolute Gasteiger partial charge is 0.423 e. The van der Waals surface area contributed by atoms with Gasteiger partial charge in [-0.3, -0.25) is 0 Å². The van der Waals surface area contributed by atoms with Crippen molar-refractivity contribution in [3.8, 4) is 5.75 Å². The summed E-state index contributed by atoms with van der Waals surface area (Å²) in [6.45, 7) is 12.1. The van der Waals surface area contributed by atoms with Gasteiger partial charge in [-0.2, -0.15) is 0 Å². The molecule has 1 aromatic rings. The molecule has 0 bridgehead atoms. The number of ether oxygens (including phenoxy) is 3. The van der Waals surface area contributed by atoms with Crippen LogP contribution >= 0.6 is 0 Å². The first-order valence-electron chi connectivity index (χ1n) is 8.70. The average Bonchev–Trinajstić information content (AvgIpc) is 3.11. The molecule has 130 valence electrons. The zero-order chi connectivity index (χ0) is 17.5. The molecule has 1 aliphatic carbocycles. The zero-order valence-electron chi connectivity index (χ0n) is 14.9. The molecule has 0 amide bonds. The third-order valence-corrected chi connectivity index (χ3v) is 4.88. The fourth-order valence-corrected chi connectivity index (χ4v) is 3.74. The maximum absolute atomic E-state index is 11.7. The normalized spacial score (nSPS) is 24.6. The van der Waals surface area contributed by atoms with E-state index in [-0.39, 0.29) is 12.2 Å². The molecular formula is C20H26O4. The molecule has 1 aromatic carbocycles. The highest BCUT2D eigenvalue weighted by atomic mass is 16.8. The molecule has 4 heteroatoms. The standard InChI is InChI=1S/C20H26O4/c1-6-16(21)22-15-9-7-8-14-10-11-20(17(14)15)23-18(12(2)3)19(24-20)13(4)5/h6-9,12-13,18-19H,1,10-11H2,2-5H3/t18-,19-/m0/s1. The number of hydrogen-bond acceptors (Lipinski definition) is 4. The molecule has 1 saturated heterocycles. The van der Waals surface area contributed by atoms with Crippen molar-refractivity contribution in [2.24, 2.45) is 11.8 Å². The number of hydrogen-bond donors (Lipinski definition) is 0. The first kappa shape index (κ1) is 17.2. The van der Waals surface area contributed by atoms with Gasteiger partial charge in [-0.15, -0.1) is 0 Å². The number of fused-ring (bicyclic) bond motifs is 2. The van der Waals surface area contributed by atoms with Crippen LogP contribution in [0, 0.1) is 11.8 Å². The lowest BCUT2D eigenvalue weighted by molar-refractivity contribution is -0.188. The quantitative estimate of drug-likeness (QED) is 0.476. The first-order valence-corrected chi connectivity index (χ1v) is 8.70. The zero-order valence-corrected chi connectivity index (χ0v) is 14.9. The predicted molar refractivity (Wildman–Crippen MR) is 91.7 cm³/mol. The third-order valence-electron chi connectivity index (χ3n) is 4.88. The van der Waals surface area contributed by atoms with Crippen molar-refractivity contribution in [2.75, 3.05) is 0 Å². The summed E-state index contributed by atoms with van der Waals surface area (Å²) in [7, 11) is 0. The summed E-state index contributed by atoms with van der Waals surface area (Å²) >= 11 is 0. The number of benzene rings is 1. The molecular weight excluding hydrogens is 304 g/mol. The van der Waals surface area contributed by atoms with E-state index in [9.17, 15) is 4.79 Å². The minimum absolute atomic E-state index is 0.0270. The second-order valence-corrected chi connectivity index (χ2v) is 7.32. The number of esters is 1. The Morgan fingerprint density at radius 2 is 1.88 bits per heavy atom. The summed E-state index contributed by atoms with van der Waals surface area (Å²) in [6, 6.07) is 5.75. The molecule has 1 heterocycles. The highest BCUT2D eigenvalue weighted by molar-refractivity contribution is 5.83. The Morgan fingerprint density at radius 3 is 2.42 bits per heavy atom. The van der Waals surface area contributed by atoms with Gasteiger partial charge in [0.25, 0.3) is 0 Å². The van der Waals surface area contributed by atoms with Gasteiger partial charge in [-0.05, 0) is 29.9 Å². The van der Waals surface area contributed by atoms with Gasteiger partial charge in [0.1, 0.15) is 5.75 Å². The Morgan fingerprint density at radius 1 is 1.25 bits per heavy atom. The van der Waals surface area contributed by atoms with Crippen molar-refractivity contribution in [3.63, 3.8) is 0 Å². The lowest BCUT2D eigenvalue weighted by Crippen LogP contribution is -2.31. The maximum atomic E-state index is 11.7. The molecule has 1 fully saturated rings. The fraction of sp³-hybridized carbons (Fsp3) is 0.550. The first-order chi connectivity index (χ1) is 11.4. The average molecular weight is 330 g/mol. The van der Waals surface area contributed by atoms with Gasteiger partial charge >= 0.3 is 5.97 Å². The predicted octanol–water partition coefficient (Wildman–Crippen LogP) is 3.97. The van der Waals surface area contributed by atoms with Crippen LogP contribution < -0.4 is 4.74 Å². The van der Waals surface area contributed by atoms with Gasteiger partial charge in [0, 0.05) is 12.5 Å². The monoisotopic (exact) mass is 330 g/mol. The highest BCUT2D eigenvalue weighted by Crippen LogP contribution is 2.52. The molecule has 0 saturated carbocycles. The van der Waals surface area contributed by atoms with Gasteiger partial charge in [-0.1, -0.05) is 46.4 Å². The molecule has 0 unspecified atom stereocenters. The van der Waals surface area contributed by atoms with E-state index in [2.05, 4.69) is 40.3 Å². The second kappa shape index (κ2) is 6.34. The van der Waals surface area contributed by atoms with Crippen molar-refractivity contribution in [1.29, 1.82) is 0 Å². The van der Waals surface area contributed by atoms with E-state index in [1.54, 1.807) is 6.07 Å². The van der Waals surface area contributed by atoms with Crippen LogP contribution in [0.5, 0.6) is 5.75 Å². The van der Waals surface area contributed by atoms with Gasteiger partial charge in [0.15, 0.2) is 5.79 Å². The Bertz CT molecular complexity index is 631. The Balaban J connectivity index is 2.02. The van der Waals surface area contributed by atoms with E-state index >= 15 is 0 Å². The van der Waals surface area contributed by atoms with E-state index < -0.39 is 11.8 Å². The van der Waals surface area contributed by atoms with Crippen LogP contribution in [0.15, 0.2) is 30.9 Å². The molecule has 2 aliphatic rings. The summed E-state index contributed by atoms with van der Waals surface area (Å²) in [6.07, 6.45) is 2.82. The van der Waals surface area contributed by atoms with Gasteiger partial charge in [-0.25, -0.2) is 4.79 Å². The van der Waals surface area contributed by atoms with Gasteiger partial charge in [0.2, 0.25) is 0 Å². The van der Waals surface area contributed by atoms with Crippen LogP contribution in [-0.2, 0) is 26.5 Å². The van der Waals surface area contributed by atoms with Crippen LogP contribution in [0.1, 0.15) is 45.2 Å². The van der Waals surface area contributed by atoms with Crippen LogP contribution in [-0.4, -0.2) is 18.2 Å². The minimum Gasteiger partial charge on any atom is -0.423 e. The summed E-state index contributed by atoms with van der Waals surface area (Å²) in [5.74, 6) is -0.0597. The molecule has 0 aromatic heterocycles. The van der Waals surface area contributed by atoms with E-state index in [0.29, 0.717) is 17.6 Å². The topological polar surface area (TPSA) is 44.8 Å². The lowest BCUT2D eigenvalue weighted by Gasteiger charge is -2.26. The van der Waals surface area contributed by atoms with Crippen molar-refractivity contribution in [1.82, 2.24) is 0 Å². The van der Waals surface area contributed by atoms with Crippen molar-refractivity contribution in [3.05, 3.63) is 42.0 Å². The number of aryl methyl sites for hydroxylation is 1. The molecule has 2 atom stereocenters. The smallest absolute Gasteiger partial charge is 0.335 e. The number of rotatable bonds is 4. The molecule has 0 N–H and O–H groups in total. The summed E-state index contributed by atoms with van der Waals surface area (Å²) < 4.78 is 18.4. The Kier molecular flexibility index (Phi) is 4.54. The Labute approximate surface area is 143 Å². The SMILES string of the molecule is C=CC(=O)Oc1cccc2c1C1(CC2)O[C@@H](C(C)C)[C@H](C(C)C)O1.